The van der Waals surface area contributed by atoms with Crippen LogP contribution in [-0.2, 0) is 11.3 Å². The molecule has 3 N–H and O–H groups in total. The van der Waals surface area contributed by atoms with Gasteiger partial charge in [-0.05, 0) is 49.1 Å². The van der Waals surface area contributed by atoms with E-state index >= 15 is 0 Å². The Morgan fingerprint density at radius 2 is 2.23 bits per heavy atom. The second-order valence-electron chi connectivity index (χ2n) is 6.28. The van der Waals surface area contributed by atoms with Crippen molar-refractivity contribution in [2.75, 3.05) is 6.54 Å². The van der Waals surface area contributed by atoms with Crippen molar-refractivity contribution in [1.29, 1.82) is 0 Å². The van der Waals surface area contributed by atoms with Crippen LogP contribution in [0.4, 0.5) is 0 Å². The first-order valence-electron chi connectivity index (χ1n) is 7.86. The van der Waals surface area contributed by atoms with Gasteiger partial charge in [0.2, 0.25) is 5.91 Å². The van der Waals surface area contributed by atoms with Crippen molar-refractivity contribution in [2.45, 2.75) is 45.2 Å². The van der Waals surface area contributed by atoms with E-state index in [1.54, 1.807) is 0 Å². The van der Waals surface area contributed by atoms with Gasteiger partial charge in [0.15, 0.2) is 0 Å². The number of nitrogens with one attached hydrogen (secondary N) is 3. The molecule has 1 unspecified atom stereocenters. The standard InChI is InChI=1S/C17H22ClN3O/c1-10(2)13-8-16-11(7-14(13)18)6-12(21-16)9-20-17(22)15-4-3-5-19-15/h6-8,10,15,19,21H,3-5,9H2,1-2H3,(H,20,22). The number of fused-ring (bicyclic) bond motifs is 1. The Morgan fingerprint density at radius 1 is 1.41 bits per heavy atom. The number of carbonyl (C=O) groups is 1. The third kappa shape index (κ3) is 3.13. The van der Waals surface area contributed by atoms with Gasteiger partial charge < -0.3 is 15.6 Å². The van der Waals surface area contributed by atoms with E-state index in [0.717, 1.165) is 46.6 Å². The molecule has 1 aromatic carbocycles. The molecule has 2 heterocycles. The smallest absolute Gasteiger partial charge is 0.237 e. The molecule has 0 saturated carbocycles. The second kappa shape index (κ2) is 6.31. The van der Waals surface area contributed by atoms with E-state index < -0.39 is 0 Å². The van der Waals surface area contributed by atoms with Gasteiger partial charge in [0.25, 0.3) is 0 Å². The van der Waals surface area contributed by atoms with Crippen molar-refractivity contribution in [3.8, 4) is 0 Å². The highest BCUT2D eigenvalue weighted by molar-refractivity contribution is 6.32. The molecule has 5 heteroatoms. The van der Waals surface area contributed by atoms with E-state index in [4.69, 9.17) is 11.6 Å². The third-order valence-corrected chi connectivity index (χ3v) is 4.57. The first kappa shape index (κ1) is 15.4. The lowest BCUT2D eigenvalue weighted by Crippen LogP contribution is -2.40. The van der Waals surface area contributed by atoms with E-state index in [1.807, 2.05) is 12.1 Å². The molecule has 118 valence electrons. The Morgan fingerprint density at radius 3 is 2.91 bits per heavy atom. The highest BCUT2D eigenvalue weighted by atomic mass is 35.5. The van der Waals surface area contributed by atoms with E-state index in [9.17, 15) is 4.79 Å². The summed E-state index contributed by atoms with van der Waals surface area (Å²) in [5.41, 5.74) is 3.21. The molecule has 1 aliphatic rings. The van der Waals surface area contributed by atoms with Gasteiger partial charge in [-0.3, -0.25) is 4.79 Å². The number of hydrogen-bond acceptors (Lipinski definition) is 2. The SMILES string of the molecule is CC(C)c1cc2[nH]c(CNC(=O)C3CCCN3)cc2cc1Cl. The van der Waals surface area contributed by atoms with Gasteiger partial charge in [-0.15, -0.1) is 0 Å². The maximum Gasteiger partial charge on any atom is 0.237 e. The van der Waals surface area contributed by atoms with Gasteiger partial charge in [0.1, 0.15) is 0 Å². The summed E-state index contributed by atoms with van der Waals surface area (Å²) < 4.78 is 0. The fraction of sp³-hybridized carbons (Fsp3) is 0.471. The van der Waals surface area contributed by atoms with Crippen molar-refractivity contribution in [3.05, 3.63) is 34.5 Å². The van der Waals surface area contributed by atoms with Crippen LogP contribution in [0.5, 0.6) is 0 Å². The normalized spacial score (nSPS) is 18.3. The van der Waals surface area contributed by atoms with Crippen LogP contribution >= 0.6 is 11.6 Å². The average Bonchev–Trinajstić information content (AvgIpc) is 3.12. The van der Waals surface area contributed by atoms with Crippen molar-refractivity contribution >= 4 is 28.4 Å². The van der Waals surface area contributed by atoms with Gasteiger partial charge in [-0.25, -0.2) is 0 Å². The molecule has 22 heavy (non-hydrogen) atoms. The zero-order chi connectivity index (χ0) is 15.7. The molecule has 1 atom stereocenters. The van der Waals surface area contributed by atoms with Gasteiger partial charge in [-0.2, -0.15) is 0 Å². The quantitative estimate of drug-likeness (QED) is 0.809. The molecule has 3 rings (SSSR count). The van der Waals surface area contributed by atoms with Crippen LogP contribution in [0, 0.1) is 0 Å². The van der Waals surface area contributed by atoms with Crippen LogP contribution in [0.3, 0.4) is 0 Å². The van der Waals surface area contributed by atoms with Crippen LogP contribution in [-0.4, -0.2) is 23.5 Å². The summed E-state index contributed by atoms with van der Waals surface area (Å²) in [5.74, 6) is 0.467. The number of benzene rings is 1. The molecular formula is C17H22ClN3O. The summed E-state index contributed by atoms with van der Waals surface area (Å²) in [6.45, 7) is 5.71. The summed E-state index contributed by atoms with van der Waals surface area (Å²) in [7, 11) is 0. The Labute approximate surface area is 135 Å². The van der Waals surface area contributed by atoms with Gasteiger partial charge >= 0.3 is 0 Å². The Kier molecular flexibility index (Phi) is 4.41. The molecule has 0 bridgehead atoms. The number of aromatic nitrogens is 1. The number of carbonyl (C=O) groups excluding carboxylic acids is 1. The fourth-order valence-corrected chi connectivity index (χ4v) is 3.37. The fourth-order valence-electron chi connectivity index (χ4n) is 2.98. The average molecular weight is 320 g/mol. The van der Waals surface area contributed by atoms with Crippen molar-refractivity contribution < 1.29 is 4.79 Å². The third-order valence-electron chi connectivity index (χ3n) is 4.25. The molecule has 1 aliphatic heterocycles. The highest BCUT2D eigenvalue weighted by Crippen LogP contribution is 2.29. The number of rotatable bonds is 4. The summed E-state index contributed by atoms with van der Waals surface area (Å²) in [4.78, 5) is 15.4. The lowest BCUT2D eigenvalue weighted by molar-refractivity contribution is -0.122. The predicted octanol–water partition coefficient (Wildman–Crippen LogP) is 3.31. The van der Waals surface area contributed by atoms with E-state index in [1.165, 1.54) is 0 Å². The number of hydrogen-bond donors (Lipinski definition) is 3. The van der Waals surface area contributed by atoms with Crippen molar-refractivity contribution in [3.63, 3.8) is 0 Å². The van der Waals surface area contributed by atoms with Crippen LogP contribution in [0.25, 0.3) is 10.9 Å². The lowest BCUT2D eigenvalue weighted by Gasteiger charge is -2.10. The second-order valence-corrected chi connectivity index (χ2v) is 6.68. The minimum Gasteiger partial charge on any atom is -0.357 e. The Bertz CT molecular complexity index is 687. The van der Waals surface area contributed by atoms with Gasteiger partial charge in [0.05, 0.1) is 12.6 Å². The summed E-state index contributed by atoms with van der Waals surface area (Å²) >= 11 is 6.33. The molecule has 4 nitrogen and oxygen atoms in total. The van der Waals surface area contributed by atoms with E-state index in [0.29, 0.717) is 12.5 Å². The van der Waals surface area contributed by atoms with Crippen LogP contribution < -0.4 is 10.6 Å². The molecule has 1 aromatic heterocycles. The Hall–Kier alpha value is -1.52. The topological polar surface area (TPSA) is 56.9 Å². The van der Waals surface area contributed by atoms with Crippen LogP contribution in [0.1, 0.15) is 43.9 Å². The van der Waals surface area contributed by atoms with E-state index in [-0.39, 0.29) is 11.9 Å². The monoisotopic (exact) mass is 319 g/mol. The Balaban J connectivity index is 1.73. The summed E-state index contributed by atoms with van der Waals surface area (Å²) in [5, 5.41) is 8.07. The first-order valence-corrected chi connectivity index (χ1v) is 8.24. The largest absolute Gasteiger partial charge is 0.357 e. The molecule has 1 saturated heterocycles. The number of amides is 1. The minimum absolute atomic E-state index is 0.0358. The van der Waals surface area contributed by atoms with Crippen molar-refractivity contribution in [2.24, 2.45) is 0 Å². The molecular weight excluding hydrogens is 298 g/mol. The van der Waals surface area contributed by atoms with Crippen LogP contribution in [0.15, 0.2) is 18.2 Å². The zero-order valence-corrected chi connectivity index (χ0v) is 13.8. The van der Waals surface area contributed by atoms with Gasteiger partial charge in [-0.1, -0.05) is 25.4 Å². The molecule has 2 aromatic rings. The van der Waals surface area contributed by atoms with Crippen LogP contribution in [0.2, 0.25) is 5.02 Å². The molecule has 0 radical (unpaired) electrons. The molecule has 0 spiro atoms. The first-order chi connectivity index (χ1) is 10.5. The highest BCUT2D eigenvalue weighted by Gasteiger charge is 2.21. The zero-order valence-electron chi connectivity index (χ0n) is 13.0. The van der Waals surface area contributed by atoms with Gasteiger partial charge in [0, 0.05) is 21.6 Å². The maximum absolute atomic E-state index is 12.0. The summed E-state index contributed by atoms with van der Waals surface area (Å²) in [6, 6.07) is 6.11. The molecule has 1 fully saturated rings. The van der Waals surface area contributed by atoms with E-state index in [2.05, 4.69) is 35.5 Å². The number of aromatic amines is 1. The summed E-state index contributed by atoms with van der Waals surface area (Å²) in [6.07, 6.45) is 1.99. The molecule has 0 aliphatic carbocycles. The number of halogens is 1. The molecule has 1 amide bonds. The number of H-pyrrole nitrogens is 1. The maximum atomic E-state index is 12.0. The lowest BCUT2D eigenvalue weighted by atomic mass is 10.0. The predicted molar refractivity (Wildman–Crippen MR) is 90.3 cm³/mol. The van der Waals surface area contributed by atoms with Crippen molar-refractivity contribution in [1.82, 2.24) is 15.6 Å². The minimum atomic E-state index is -0.0358.